The van der Waals surface area contributed by atoms with E-state index in [4.69, 9.17) is 23.1 Å². The monoisotopic (exact) mass is 355 g/mol. The van der Waals surface area contributed by atoms with E-state index in [0.29, 0.717) is 4.34 Å². The fourth-order valence-corrected chi connectivity index (χ4v) is 2.85. The van der Waals surface area contributed by atoms with Crippen LogP contribution in [0.25, 0.3) is 16.2 Å². The van der Waals surface area contributed by atoms with Crippen molar-refractivity contribution in [2.45, 2.75) is 0 Å². The molecule has 0 aliphatic rings. The molecule has 0 aromatic carbocycles. The Hall–Kier alpha value is -2.16. The highest BCUT2D eigenvalue weighted by atomic mass is 35.5. The number of hydrogen-bond donors (Lipinski definition) is 2. The maximum absolute atomic E-state index is 6.01. The van der Waals surface area contributed by atoms with E-state index in [0.717, 1.165) is 21.9 Å². The number of hydrogen-bond acceptors (Lipinski definition) is 5. The van der Waals surface area contributed by atoms with Gasteiger partial charge in [-0.15, -0.1) is 17.5 Å². The zero-order valence-electron chi connectivity index (χ0n) is 11.0. The van der Waals surface area contributed by atoms with Gasteiger partial charge in [-0.05, 0) is 12.1 Å². The van der Waals surface area contributed by atoms with Crippen LogP contribution in [0.5, 0.6) is 0 Å². The van der Waals surface area contributed by atoms with Crippen molar-refractivity contribution in [2.75, 3.05) is 0 Å². The van der Waals surface area contributed by atoms with Gasteiger partial charge in [-0.1, -0.05) is 22.9 Å². The van der Waals surface area contributed by atoms with E-state index in [1.54, 1.807) is 18.6 Å². The summed E-state index contributed by atoms with van der Waals surface area (Å²) in [4.78, 5) is 9.41. The molecular formula is C12H11Cl2N7S. The minimum absolute atomic E-state index is 0. The number of fused-ring (bicyclic) bond motifs is 1. The number of nitrogens with two attached hydrogens (primary N) is 2. The van der Waals surface area contributed by atoms with Crippen molar-refractivity contribution < 1.29 is 0 Å². The molecule has 3 rings (SSSR count). The van der Waals surface area contributed by atoms with Crippen LogP contribution in [-0.2, 0) is 0 Å². The van der Waals surface area contributed by atoms with Gasteiger partial charge in [0.15, 0.2) is 4.96 Å². The Balaban J connectivity index is 0.00000176. The average molecular weight is 356 g/mol. The zero-order chi connectivity index (χ0) is 14.8. The first kappa shape index (κ1) is 16.2. The second-order valence-corrected chi connectivity index (χ2v) is 5.69. The van der Waals surface area contributed by atoms with Crippen molar-refractivity contribution in [3.63, 3.8) is 0 Å². The molecule has 0 aliphatic heterocycles. The SMILES string of the molecule is Cl.NC(N)=N/N=C/c1c(-c2cccnc2)nc2sc(Cl)cn12. The van der Waals surface area contributed by atoms with Gasteiger partial charge in [-0.2, -0.15) is 5.10 Å². The summed E-state index contributed by atoms with van der Waals surface area (Å²) in [5, 5.41) is 7.46. The molecule has 0 fully saturated rings. The second kappa shape index (κ2) is 6.73. The predicted molar refractivity (Wildman–Crippen MR) is 92.0 cm³/mol. The Bertz CT molecular complexity index is 834. The van der Waals surface area contributed by atoms with Crippen molar-refractivity contribution in [1.29, 1.82) is 0 Å². The summed E-state index contributed by atoms with van der Waals surface area (Å²) in [5.41, 5.74) is 12.9. The smallest absolute Gasteiger partial charge is 0.211 e. The fourth-order valence-electron chi connectivity index (χ4n) is 1.82. The molecule has 4 N–H and O–H groups in total. The number of nitrogens with zero attached hydrogens (tertiary/aromatic N) is 5. The van der Waals surface area contributed by atoms with E-state index in [1.807, 2.05) is 16.5 Å². The molecule has 0 amide bonds. The summed E-state index contributed by atoms with van der Waals surface area (Å²) in [6.45, 7) is 0. The van der Waals surface area contributed by atoms with E-state index in [2.05, 4.69) is 20.2 Å². The highest BCUT2D eigenvalue weighted by molar-refractivity contribution is 7.20. The van der Waals surface area contributed by atoms with Crippen LogP contribution in [-0.4, -0.2) is 26.5 Å². The van der Waals surface area contributed by atoms with Crippen molar-refractivity contribution in [3.8, 4) is 11.3 Å². The maximum Gasteiger partial charge on any atom is 0.211 e. The lowest BCUT2D eigenvalue weighted by atomic mass is 10.2. The minimum atomic E-state index is -0.113. The number of imidazole rings is 1. The summed E-state index contributed by atoms with van der Waals surface area (Å²) in [5.74, 6) is -0.113. The molecule has 0 saturated carbocycles. The van der Waals surface area contributed by atoms with Gasteiger partial charge in [0, 0.05) is 24.2 Å². The first-order valence-electron chi connectivity index (χ1n) is 5.85. The van der Waals surface area contributed by atoms with Crippen LogP contribution in [0.2, 0.25) is 4.34 Å². The van der Waals surface area contributed by atoms with E-state index >= 15 is 0 Å². The van der Waals surface area contributed by atoms with Crippen LogP contribution in [0.1, 0.15) is 5.69 Å². The molecule has 114 valence electrons. The molecule has 22 heavy (non-hydrogen) atoms. The van der Waals surface area contributed by atoms with Gasteiger partial charge in [-0.25, -0.2) is 4.98 Å². The molecule has 0 bridgehead atoms. The Kier molecular flexibility index (Phi) is 4.96. The molecular weight excluding hydrogens is 345 g/mol. The zero-order valence-corrected chi connectivity index (χ0v) is 13.4. The summed E-state index contributed by atoms with van der Waals surface area (Å²) >= 11 is 7.38. The molecule has 0 unspecified atom stereocenters. The van der Waals surface area contributed by atoms with Gasteiger partial charge in [0.2, 0.25) is 5.96 Å². The Morgan fingerprint density at radius 1 is 1.41 bits per heavy atom. The van der Waals surface area contributed by atoms with Crippen LogP contribution in [0, 0.1) is 0 Å². The van der Waals surface area contributed by atoms with Crippen molar-refractivity contribution in [3.05, 3.63) is 40.8 Å². The summed E-state index contributed by atoms with van der Waals surface area (Å²) in [7, 11) is 0. The highest BCUT2D eigenvalue weighted by Gasteiger charge is 2.15. The Morgan fingerprint density at radius 3 is 2.91 bits per heavy atom. The molecule has 0 aliphatic carbocycles. The number of rotatable bonds is 3. The quantitative estimate of drug-likeness (QED) is 0.426. The molecule has 10 heteroatoms. The normalized spacial score (nSPS) is 10.8. The largest absolute Gasteiger partial charge is 0.369 e. The lowest BCUT2D eigenvalue weighted by molar-refractivity contribution is 1.18. The molecule has 3 heterocycles. The topological polar surface area (TPSA) is 107 Å². The standard InChI is InChI=1S/C12H10ClN7S.ClH/c13-9-6-20-8(5-17-19-11(14)15)10(18-12(20)21-9)7-2-1-3-16-4-7;/h1-6H,(H4,14,15,19);1H/b17-5+;. The number of halogens is 2. The molecule has 0 atom stereocenters. The van der Waals surface area contributed by atoms with Crippen LogP contribution in [0.4, 0.5) is 0 Å². The van der Waals surface area contributed by atoms with Crippen molar-refractivity contribution in [1.82, 2.24) is 14.4 Å². The number of guanidine groups is 1. The minimum Gasteiger partial charge on any atom is -0.369 e. The van der Waals surface area contributed by atoms with Gasteiger partial charge >= 0.3 is 0 Å². The third-order valence-corrected chi connectivity index (χ3v) is 3.72. The van der Waals surface area contributed by atoms with Gasteiger partial charge in [-0.3, -0.25) is 9.38 Å². The molecule has 0 spiro atoms. The van der Waals surface area contributed by atoms with Crippen LogP contribution in [0.3, 0.4) is 0 Å². The molecule has 0 saturated heterocycles. The van der Waals surface area contributed by atoms with Crippen LogP contribution < -0.4 is 11.5 Å². The highest BCUT2D eigenvalue weighted by Crippen LogP contribution is 2.29. The molecule has 3 aromatic rings. The van der Waals surface area contributed by atoms with E-state index in [-0.39, 0.29) is 18.4 Å². The number of pyridine rings is 1. The van der Waals surface area contributed by atoms with Gasteiger partial charge in [0.05, 0.1) is 11.9 Å². The molecule has 0 radical (unpaired) electrons. The van der Waals surface area contributed by atoms with Crippen molar-refractivity contribution in [2.24, 2.45) is 21.7 Å². The number of thiazole rings is 1. The lowest BCUT2D eigenvalue weighted by Crippen LogP contribution is -2.21. The first-order chi connectivity index (χ1) is 10.1. The second-order valence-electron chi connectivity index (χ2n) is 4.04. The van der Waals surface area contributed by atoms with Gasteiger partial charge < -0.3 is 11.5 Å². The van der Waals surface area contributed by atoms with E-state index in [9.17, 15) is 0 Å². The van der Waals surface area contributed by atoms with Gasteiger partial charge in [0.1, 0.15) is 10.0 Å². The maximum atomic E-state index is 6.01. The molecule has 7 nitrogen and oxygen atoms in total. The third-order valence-electron chi connectivity index (χ3n) is 2.62. The van der Waals surface area contributed by atoms with Crippen molar-refractivity contribution >= 4 is 52.5 Å². The fraction of sp³-hybridized carbons (Fsp3) is 0. The average Bonchev–Trinajstić information content (AvgIpc) is 2.97. The number of aromatic nitrogens is 3. The first-order valence-corrected chi connectivity index (χ1v) is 7.04. The van der Waals surface area contributed by atoms with Gasteiger partial charge in [0.25, 0.3) is 0 Å². The Labute approximate surface area is 140 Å². The van der Waals surface area contributed by atoms with E-state index < -0.39 is 0 Å². The summed E-state index contributed by atoms with van der Waals surface area (Å²) in [6, 6.07) is 3.76. The van der Waals surface area contributed by atoms with E-state index in [1.165, 1.54) is 17.6 Å². The predicted octanol–water partition coefficient (Wildman–Crippen LogP) is 2.14. The summed E-state index contributed by atoms with van der Waals surface area (Å²) < 4.78 is 2.47. The van der Waals surface area contributed by atoms with Crippen LogP contribution in [0.15, 0.2) is 40.9 Å². The lowest BCUT2D eigenvalue weighted by Gasteiger charge is -1.98. The Morgan fingerprint density at radius 2 is 2.23 bits per heavy atom. The molecule has 3 aromatic heterocycles. The summed E-state index contributed by atoms with van der Waals surface area (Å²) in [6.07, 6.45) is 6.73. The third kappa shape index (κ3) is 3.19. The van der Waals surface area contributed by atoms with Crippen LogP contribution >= 0.6 is 35.3 Å².